The van der Waals surface area contributed by atoms with E-state index in [1.54, 1.807) is 0 Å². The molecule has 0 aliphatic heterocycles. The summed E-state index contributed by atoms with van der Waals surface area (Å²) in [6.07, 6.45) is 9.53. The number of aromatic nitrogens is 4. The summed E-state index contributed by atoms with van der Waals surface area (Å²) in [5.74, 6) is 0. The number of fused-ring (bicyclic) bond motifs is 15. The molecule has 0 saturated carbocycles. The molecular weight excluding hydrogens is 428 g/mol. The van der Waals surface area contributed by atoms with Gasteiger partial charge in [-0.2, -0.15) is 0 Å². The van der Waals surface area contributed by atoms with Crippen LogP contribution < -0.4 is 0 Å². The lowest BCUT2D eigenvalue weighted by Crippen LogP contribution is -1.94. The van der Waals surface area contributed by atoms with E-state index in [1.165, 1.54) is 60.7 Å². The quantitative estimate of drug-likeness (QED) is 0.243. The van der Waals surface area contributed by atoms with Crippen LogP contribution in [0.4, 0.5) is 0 Å². The highest BCUT2D eigenvalue weighted by Gasteiger charge is 2.29. The molecule has 0 atom stereocenters. The smallest absolute Gasteiger partial charge is 0.146 e. The van der Waals surface area contributed by atoms with Crippen molar-refractivity contribution in [2.75, 3.05) is 0 Å². The van der Waals surface area contributed by atoms with Crippen molar-refractivity contribution in [3.8, 4) is 22.3 Å². The number of rotatable bonds is 0. The molecule has 162 valence electrons. The van der Waals surface area contributed by atoms with Crippen LogP contribution in [0, 0.1) is 0 Å². The molecule has 0 fully saturated rings. The lowest BCUT2D eigenvalue weighted by atomic mass is 9.94. The predicted molar refractivity (Wildman–Crippen MR) is 140 cm³/mol. The fraction of sp³-hybridized carbons (Fsp3) is 0.0645. The molecule has 7 aromatic rings. The first-order valence-electron chi connectivity index (χ1n) is 12.0. The van der Waals surface area contributed by atoms with E-state index >= 15 is 0 Å². The second-order valence-corrected chi connectivity index (χ2v) is 9.72. The van der Waals surface area contributed by atoms with E-state index in [2.05, 4.69) is 69.0 Å². The van der Waals surface area contributed by atoms with Crippen molar-refractivity contribution in [1.29, 1.82) is 0 Å². The molecule has 2 aliphatic carbocycles. The van der Waals surface area contributed by atoms with Gasteiger partial charge in [-0.25, -0.2) is 4.98 Å². The summed E-state index contributed by atoms with van der Waals surface area (Å²) in [7, 11) is 0. The standard InChI is InChI=1S/C31H18N4/c1-2-4-20-17(3-1)12-25-21(20)6-5-18-11-19-13-24-22-7-9-32-15-28(22)35-29-16-33-10-8-27(29)34-31(35)26(24)14-23(19)30(18)25/h1-10,13-16H,11-12H2. The van der Waals surface area contributed by atoms with Gasteiger partial charge in [-0.05, 0) is 87.0 Å². The number of hydrogen-bond donors (Lipinski definition) is 0. The number of pyridine rings is 3. The van der Waals surface area contributed by atoms with E-state index in [4.69, 9.17) is 4.98 Å². The highest BCUT2D eigenvalue weighted by Crippen LogP contribution is 2.49. The Balaban J connectivity index is 1.42. The maximum atomic E-state index is 5.08. The van der Waals surface area contributed by atoms with Gasteiger partial charge in [-0.15, -0.1) is 0 Å². The Bertz CT molecular complexity index is 2070. The molecule has 2 aliphatic rings. The molecule has 4 heteroatoms. The van der Waals surface area contributed by atoms with Gasteiger partial charge in [-0.3, -0.25) is 14.4 Å². The van der Waals surface area contributed by atoms with Crippen molar-refractivity contribution >= 4 is 38.4 Å². The van der Waals surface area contributed by atoms with Crippen LogP contribution in [-0.4, -0.2) is 19.4 Å². The van der Waals surface area contributed by atoms with E-state index in [9.17, 15) is 0 Å². The Morgan fingerprint density at radius 1 is 0.629 bits per heavy atom. The molecular formula is C31H18N4. The number of imidazole rings is 1. The second kappa shape index (κ2) is 6.10. The Kier molecular flexibility index (Phi) is 3.11. The van der Waals surface area contributed by atoms with E-state index in [0.717, 1.165) is 35.0 Å². The first kappa shape index (κ1) is 17.8. The van der Waals surface area contributed by atoms with Gasteiger partial charge in [0.15, 0.2) is 0 Å². The van der Waals surface area contributed by atoms with Crippen LogP contribution >= 0.6 is 0 Å². The monoisotopic (exact) mass is 446 g/mol. The van der Waals surface area contributed by atoms with E-state index in [0.29, 0.717) is 0 Å². The molecule has 9 rings (SSSR count). The zero-order chi connectivity index (χ0) is 22.7. The third-order valence-corrected chi connectivity index (χ3v) is 8.00. The van der Waals surface area contributed by atoms with Gasteiger partial charge >= 0.3 is 0 Å². The minimum absolute atomic E-state index is 0.954. The molecule has 3 aromatic carbocycles. The SMILES string of the molecule is c1ccc2c(c1)Cc1c-2ccc2c1-c1cc3c(cc1C2)c1ccncc1n1c2cnccc2nc31. The van der Waals surface area contributed by atoms with Crippen molar-refractivity contribution in [1.82, 2.24) is 19.4 Å². The summed E-state index contributed by atoms with van der Waals surface area (Å²) in [5.41, 5.74) is 15.3. The molecule has 4 heterocycles. The summed E-state index contributed by atoms with van der Waals surface area (Å²) >= 11 is 0. The Morgan fingerprint density at radius 3 is 2.49 bits per heavy atom. The molecule has 0 N–H and O–H groups in total. The Morgan fingerprint density at radius 2 is 1.51 bits per heavy atom. The first-order chi connectivity index (χ1) is 17.3. The number of nitrogens with zero attached hydrogens (tertiary/aromatic N) is 4. The van der Waals surface area contributed by atoms with Crippen LogP contribution in [-0.2, 0) is 12.8 Å². The maximum Gasteiger partial charge on any atom is 0.146 e. The summed E-state index contributed by atoms with van der Waals surface area (Å²) in [6.45, 7) is 0. The second-order valence-electron chi connectivity index (χ2n) is 9.72. The molecule has 4 aromatic heterocycles. The maximum absolute atomic E-state index is 5.08. The summed E-state index contributed by atoms with van der Waals surface area (Å²) < 4.78 is 2.22. The molecule has 0 radical (unpaired) electrons. The average molecular weight is 447 g/mol. The van der Waals surface area contributed by atoms with Gasteiger partial charge in [0.2, 0.25) is 0 Å². The van der Waals surface area contributed by atoms with Crippen LogP contribution in [0.15, 0.2) is 85.5 Å². The number of benzene rings is 3. The fourth-order valence-electron chi connectivity index (χ4n) is 6.52. The zero-order valence-electron chi connectivity index (χ0n) is 18.8. The molecule has 0 amide bonds. The molecule has 0 unspecified atom stereocenters. The Hall–Kier alpha value is -4.57. The third-order valence-electron chi connectivity index (χ3n) is 8.00. The van der Waals surface area contributed by atoms with Crippen molar-refractivity contribution in [2.45, 2.75) is 12.8 Å². The summed E-state index contributed by atoms with van der Waals surface area (Å²) in [6, 6.07) is 22.4. The zero-order valence-corrected chi connectivity index (χ0v) is 18.8. The van der Waals surface area contributed by atoms with E-state index < -0.39 is 0 Å². The third kappa shape index (κ3) is 2.15. The fourth-order valence-corrected chi connectivity index (χ4v) is 6.52. The van der Waals surface area contributed by atoms with Crippen molar-refractivity contribution in [3.63, 3.8) is 0 Å². The lowest BCUT2D eigenvalue weighted by molar-refractivity contribution is 1.23. The van der Waals surface area contributed by atoms with Gasteiger partial charge in [-0.1, -0.05) is 36.4 Å². The molecule has 0 saturated heterocycles. The average Bonchev–Trinajstić information content (AvgIpc) is 3.58. The largest absolute Gasteiger partial charge is 0.289 e. The molecule has 35 heavy (non-hydrogen) atoms. The topological polar surface area (TPSA) is 43.1 Å². The van der Waals surface area contributed by atoms with Crippen molar-refractivity contribution in [2.24, 2.45) is 0 Å². The number of hydrogen-bond acceptors (Lipinski definition) is 3. The highest BCUT2D eigenvalue weighted by molar-refractivity contribution is 6.15. The first-order valence-corrected chi connectivity index (χ1v) is 12.0. The predicted octanol–water partition coefficient (Wildman–Crippen LogP) is 6.73. The Labute approximate surface area is 200 Å². The molecule has 0 spiro atoms. The van der Waals surface area contributed by atoms with Crippen LogP contribution in [0.3, 0.4) is 0 Å². The van der Waals surface area contributed by atoms with Crippen LogP contribution in [0.25, 0.3) is 60.6 Å². The lowest BCUT2D eigenvalue weighted by Gasteiger charge is -2.12. The van der Waals surface area contributed by atoms with Crippen LogP contribution in [0.2, 0.25) is 0 Å². The van der Waals surface area contributed by atoms with Crippen molar-refractivity contribution in [3.05, 3.63) is 108 Å². The van der Waals surface area contributed by atoms with Crippen LogP contribution in [0.1, 0.15) is 22.3 Å². The summed E-state index contributed by atoms with van der Waals surface area (Å²) in [5, 5.41) is 3.62. The van der Waals surface area contributed by atoms with Gasteiger partial charge in [0, 0.05) is 23.2 Å². The normalized spacial score (nSPS) is 13.5. The minimum atomic E-state index is 0.954. The van der Waals surface area contributed by atoms with E-state index in [1.807, 2.05) is 30.9 Å². The highest BCUT2D eigenvalue weighted by atomic mass is 15.0. The van der Waals surface area contributed by atoms with Gasteiger partial charge < -0.3 is 0 Å². The van der Waals surface area contributed by atoms with Crippen molar-refractivity contribution < 1.29 is 0 Å². The van der Waals surface area contributed by atoms with E-state index in [-0.39, 0.29) is 0 Å². The van der Waals surface area contributed by atoms with Gasteiger partial charge in [0.1, 0.15) is 5.65 Å². The summed E-state index contributed by atoms with van der Waals surface area (Å²) in [4.78, 5) is 13.9. The minimum Gasteiger partial charge on any atom is -0.289 e. The van der Waals surface area contributed by atoms with Crippen LogP contribution in [0.5, 0.6) is 0 Å². The van der Waals surface area contributed by atoms with Gasteiger partial charge in [0.05, 0.1) is 28.9 Å². The molecule has 4 nitrogen and oxygen atoms in total. The molecule has 0 bridgehead atoms. The van der Waals surface area contributed by atoms with Gasteiger partial charge in [0.25, 0.3) is 0 Å².